The molecule has 2 aromatic rings. The molecule has 0 saturated carbocycles. The molecule has 19 heavy (non-hydrogen) atoms. The molecule has 98 valence electrons. The summed E-state index contributed by atoms with van der Waals surface area (Å²) >= 11 is 0. The highest BCUT2D eigenvalue weighted by Crippen LogP contribution is 2.29. The van der Waals surface area contributed by atoms with E-state index in [0.717, 1.165) is 0 Å². The fraction of sp³-hybridized carbons (Fsp3) is 0.0714. The van der Waals surface area contributed by atoms with Gasteiger partial charge in [-0.15, -0.1) is 0 Å². The molecule has 0 aliphatic carbocycles. The van der Waals surface area contributed by atoms with E-state index in [-0.39, 0.29) is 5.56 Å². The van der Waals surface area contributed by atoms with Gasteiger partial charge in [0, 0.05) is 0 Å². The predicted octanol–water partition coefficient (Wildman–Crippen LogP) is 2.77. The molecular weight excluding hydrogens is 246 g/mol. The highest BCUT2D eigenvalue weighted by atomic mass is 16.5. The zero-order valence-corrected chi connectivity index (χ0v) is 10.3. The van der Waals surface area contributed by atoms with Crippen molar-refractivity contribution in [2.24, 2.45) is 0 Å². The molecule has 5 heteroatoms. The van der Waals surface area contributed by atoms with Crippen molar-refractivity contribution in [3.05, 3.63) is 48.0 Å². The molecule has 2 rings (SSSR count). The van der Waals surface area contributed by atoms with Crippen molar-refractivity contribution in [2.45, 2.75) is 0 Å². The van der Waals surface area contributed by atoms with Gasteiger partial charge in [0.1, 0.15) is 11.5 Å². The standard InChI is InChI=1S/C14H13NO4/c1-18-10-3-5-11(6-4-10)19-13-8-9(14(16)17)2-7-12(13)15/h2-8H,15H2,1H3,(H,16,17). The molecule has 3 N–H and O–H groups in total. The number of methoxy groups -OCH3 is 1. The molecule has 0 unspecified atom stereocenters. The normalized spacial score (nSPS) is 9.95. The Morgan fingerprint density at radius 3 is 2.32 bits per heavy atom. The van der Waals surface area contributed by atoms with Gasteiger partial charge in [-0.1, -0.05) is 0 Å². The molecule has 0 spiro atoms. The molecule has 0 heterocycles. The van der Waals surface area contributed by atoms with Crippen LogP contribution in [0.25, 0.3) is 0 Å². The fourth-order valence-corrected chi connectivity index (χ4v) is 1.53. The third kappa shape index (κ3) is 2.95. The van der Waals surface area contributed by atoms with E-state index < -0.39 is 5.97 Å². The van der Waals surface area contributed by atoms with Crippen LogP contribution >= 0.6 is 0 Å². The maximum Gasteiger partial charge on any atom is 0.335 e. The first-order chi connectivity index (χ1) is 9.10. The van der Waals surface area contributed by atoms with E-state index in [2.05, 4.69) is 0 Å². The van der Waals surface area contributed by atoms with E-state index in [0.29, 0.717) is 22.9 Å². The highest BCUT2D eigenvalue weighted by Gasteiger charge is 2.08. The third-order valence-corrected chi connectivity index (χ3v) is 2.55. The summed E-state index contributed by atoms with van der Waals surface area (Å²) in [6, 6.07) is 11.2. The Balaban J connectivity index is 2.26. The topological polar surface area (TPSA) is 81.8 Å². The van der Waals surface area contributed by atoms with E-state index in [1.54, 1.807) is 31.4 Å². The average Bonchev–Trinajstić information content (AvgIpc) is 2.42. The average molecular weight is 259 g/mol. The lowest BCUT2D eigenvalue weighted by molar-refractivity contribution is 0.0696. The molecule has 0 atom stereocenters. The van der Waals surface area contributed by atoms with Gasteiger partial charge in [-0.25, -0.2) is 4.79 Å². The van der Waals surface area contributed by atoms with Crippen molar-refractivity contribution in [1.29, 1.82) is 0 Å². The van der Waals surface area contributed by atoms with E-state index in [1.807, 2.05) is 0 Å². The van der Waals surface area contributed by atoms with Gasteiger partial charge in [0.15, 0.2) is 5.75 Å². The Hall–Kier alpha value is -2.69. The summed E-state index contributed by atoms with van der Waals surface area (Å²) in [6.45, 7) is 0. The number of hydrogen-bond donors (Lipinski definition) is 2. The summed E-state index contributed by atoms with van der Waals surface area (Å²) in [5.41, 5.74) is 6.25. The Labute approximate surface area is 110 Å². The Kier molecular flexibility index (Phi) is 3.56. The van der Waals surface area contributed by atoms with Crippen LogP contribution < -0.4 is 15.2 Å². The third-order valence-electron chi connectivity index (χ3n) is 2.55. The van der Waals surface area contributed by atoms with Gasteiger partial charge in [0.05, 0.1) is 18.4 Å². The van der Waals surface area contributed by atoms with Crippen molar-refractivity contribution >= 4 is 11.7 Å². The van der Waals surface area contributed by atoms with Crippen molar-refractivity contribution < 1.29 is 19.4 Å². The van der Waals surface area contributed by atoms with Gasteiger partial charge in [-0.05, 0) is 42.5 Å². The fourth-order valence-electron chi connectivity index (χ4n) is 1.53. The van der Waals surface area contributed by atoms with Crippen LogP contribution in [0.5, 0.6) is 17.2 Å². The highest BCUT2D eigenvalue weighted by molar-refractivity contribution is 5.89. The van der Waals surface area contributed by atoms with Crippen LogP contribution in [0.15, 0.2) is 42.5 Å². The van der Waals surface area contributed by atoms with Crippen molar-refractivity contribution in [3.63, 3.8) is 0 Å². The Bertz CT molecular complexity index is 593. The van der Waals surface area contributed by atoms with E-state index in [4.69, 9.17) is 20.3 Å². The number of aromatic carboxylic acids is 1. The number of carboxylic acids is 1. The number of ether oxygens (including phenoxy) is 2. The van der Waals surface area contributed by atoms with Gasteiger partial charge in [0.25, 0.3) is 0 Å². The summed E-state index contributed by atoms with van der Waals surface area (Å²) in [5.74, 6) is 0.541. The Morgan fingerprint density at radius 1 is 1.11 bits per heavy atom. The maximum atomic E-state index is 10.9. The van der Waals surface area contributed by atoms with Crippen LogP contribution in [0.1, 0.15) is 10.4 Å². The molecule has 0 saturated heterocycles. The number of carbonyl (C=O) groups is 1. The lowest BCUT2D eigenvalue weighted by Crippen LogP contribution is -1.99. The van der Waals surface area contributed by atoms with Crippen LogP contribution in [-0.2, 0) is 0 Å². The molecule has 0 aliphatic rings. The molecule has 2 aromatic carbocycles. The van der Waals surface area contributed by atoms with Crippen LogP contribution in [0, 0.1) is 0 Å². The van der Waals surface area contributed by atoms with Crippen molar-refractivity contribution in [2.75, 3.05) is 12.8 Å². The second-order valence-corrected chi connectivity index (χ2v) is 3.84. The summed E-state index contributed by atoms with van der Waals surface area (Å²) in [5, 5.41) is 8.92. The molecule has 0 fully saturated rings. The first-order valence-electron chi connectivity index (χ1n) is 5.55. The molecule has 0 bridgehead atoms. The maximum absolute atomic E-state index is 10.9. The van der Waals surface area contributed by atoms with E-state index in [1.165, 1.54) is 18.2 Å². The lowest BCUT2D eigenvalue weighted by Gasteiger charge is -2.09. The summed E-state index contributed by atoms with van der Waals surface area (Å²) in [6.07, 6.45) is 0. The minimum atomic E-state index is -1.03. The van der Waals surface area contributed by atoms with Crippen molar-refractivity contribution in [3.8, 4) is 17.2 Å². The number of nitrogen functional groups attached to an aromatic ring is 1. The molecule has 0 aliphatic heterocycles. The van der Waals surface area contributed by atoms with Crippen LogP contribution in [0.3, 0.4) is 0 Å². The van der Waals surface area contributed by atoms with Gasteiger partial charge >= 0.3 is 5.97 Å². The van der Waals surface area contributed by atoms with Crippen molar-refractivity contribution in [1.82, 2.24) is 0 Å². The number of anilines is 1. The van der Waals surface area contributed by atoms with Gasteiger partial charge in [-0.2, -0.15) is 0 Å². The SMILES string of the molecule is COc1ccc(Oc2cc(C(=O)O)ccc2N)cc1. The number of hydrogen-bond acceptors (Lipinski definition) is 4. The smallest absolute Gasteiger partial charge is 0.335 e. The lowest BCUT2D eigenvalue weighted by atomic mass is 10.2. The molecule has 0 aromatic heterocycles. The second-order valence-electron chi connectivity index (χ2n) is 3.84. The number of nitrogens with two attached hydrogens (primary N) is 1. The quantitative estimate of drug-likeness (QED) is 0.825. The van der Waals surface area contributed by atoms with Gasteiger partial charge < -0.3 is 20.3 Å². The van der Waals surface area contributed by atoms with E-state index in [9.17, 15) is 4.79 Å². The number of benzene rings is 2. The van der Waals surface area contributed by atoms with Crippen LogP contribution in [0.2, 0.25) is 0 Å². The van der Waals surface area contributed by atoms with Crippen LogP contribution in [0.4, 0.5) is 5.69 Å². The Morgan fingerprint density at radius 2 is 1.74 bits per heavy atom. The first-order valence-corrected chi connectivity index (χ1v) is 5.55. The van der Waals surface area contributed by atoms with Gasteiger partial charge in [0.2, 0.25) is 0 Å². The molecule has 0 amide bonds. The first kappa shape index (κ1) is 12.8. The molecular formula is C14H13NO4. The van der Waals surface area contributed by atoms with Crippen LogP contribution in [-0.4, -0.2) is 18.2 Å². The van der Waals surface area contributed by atoms with E-state index >= 15 is 0 Å². The number of rotatable bonds is 4. The summed E-state index contributed by atoms with van der Waals surface area (Å²) in [4.78, 5) is 10.9. The minimum Gasteiger partial charge on any atom is -0.497 e. The monoisotopic (exact) mass is 259 g/mol. The summed E-state index contributed by atoms with van der Waals surface area (Å²) in [7, 11) is 1.57. The second kappa shape index (κ2) is 5.30. The molecule has 5 nitrogen and oxygen atoms in total. The molecule has 0 radical (unpaired) electrons. The van der Waals surface area contributed by atoms with Gasteiger partial charge in [-0.3, -0.25) is 0 Å². The zero-order valence-electron chi connectivity index (χ0n) is 10.3. The predicted molar refractivity (Wildman–Crippen MR) is 70.9 cm³/mol. The summed E-state index contributed by atoms with van der Waals surface area (Å²) < 4.78 is 10.6. The number of carboxylic acid groups (broad SMARTS) is 1. The zero-order chi connectivity index (χ0) is 13.8. The largest absolute Gasteiger partial charge is 0.497 e. The minimum absolute atomic E-state index is 0.123.